The van der Waals surface area contributed by atoms with E-state index in [0.717, 1.165) is 22.5 Å². The minimum atomic E-state index is 0.651. The number of aromatic amines is 1. The maximum atomic E-state index is 5.83. The average molecular weight is 214 g/mol. The van der Waals surface area contributed by atoms with Gasteiger partial charge in [-0.3, -0.25) is 5.10 Å². The fourth-order valence-electron chi connectivity index (χ4n) is 1.66. The van der Waals surface area contributed by atoms with E-state index >= 15 is 0 Å². The maximum Gasteiger partial charge on any atom is 0.182 e. The highest BCUT2D eigenvalue weighted by atomic mass is 16.3. The van der Waals surface area contributed by atoms with Crippen molar-refractivity contribution >= 4 is 16.7 Å². The molecule has 0 unspecified atom stereocenters. The van der Waals surface area contributed by atoms with Gasteiger partial charge in [-0.2, -0.15) is 5.10 Å². The van der Waals surface area contributed by atoms with Crippen LogP contribution in [-0.4, -0.2) is 15.2 Å². The van der Waals surface area contributed by atoms with E-state index in [1.165, 1.54) is 0 Å². The summed E-state index contributed by atoms with van der Waals surface area (Å²) in [5, 5.41) is 7.91. The Morgan fingerprint density at radius 3 is 3.06 bits per heavy atom. The molecule has 3 aromatic heterocycles. The normalized spacial score (nSPS) is 11.1. The number of H-pyrrole nitrogens is 1. The first-order valence-corrected chi connectivity index (χ1v) is 4.91. The van der Waals surface area contributed by atoms with Crippen LogP contribution in [0.2, 0.25) is 0 Å². The van der Waals surface area contributed by atoms with Crippen molar-refractivity contribution in [3.8, 4) is 11.5 Å². The van der Waals surface area contributed by atoms with Gasteiger partial charge >= 0.3 is 0 Å². The molecule has 0 saturated carbocycles. The van der Waals surface area contributed by atoms with Gasteiger partial charge in [0.25, 0.3) is 0 Å². The van der Waals surface area contributed by atoms with Crippen molar-refractivity contribution in [3.63, 3.8) is 0 Å². The lowest BCUT2D eigenvalue weighted by Gasteiger charge is -1.98. The second kappa shape index (κ2) is 3.10. The van der Waals surface area contributed by atoms with E-state index in [-0.39, 0.29) is 0 Å². The van der Waals surface area contributed by atoms with Gasteiger partial charge in [-0.15, -0.1) is 0 Å². The predicted octanol–water partition coefficient (Wildman–Crippen LogP) is 2.11. The van der Waals surface area contributed by atoms with Crippen molar-refractivity contribution in [2.24, 2.45) is 0 Å². The molecular weight excluding hydrogens is 204 g/mol. The number of furan rings is 1. The topological polar surface area (TPSA) is 80.7 Å². The molecule has 0 atom stereocenters. The van der Waals surface area contributed by atoms with Gasteiger partial charge in [-0.05, 0) is 25.1 Å². The Bertz CT molecular complexity index is 639. The molecule has 0 radical (unpaired) electrons. The van der Waals surface area contributed by atoms with Crippen LogP contribution in [0.4, 0.5) is 5.69 Å². The van der Waals surface area contributed by atoms with Gasteiger partial charge in [0.2, 0.25) is 0 Å². The number of nitrogens with zero attached hydrogens (tertiary/aromatic N) is 2. The van der Waals surface area contributed by atoms with Gasteiger partial charge in [-0.25, -0.2) is 4.98 Å². The quantitative estimate of drug-likeness (QED) is 0.650. The number of fused-ring (bicyclic) bond motifs is 1. The summed E-state index contributed by atoms with van der Waals surface area (Å²) in [6, 6.07) is 5.55. The molecule has 5 heteroatoms. The number of nitrogens with two attached hydrogens (primary N) is 1. The molecule has 3 aromatic rings. The number of pyridine rings is 1. The summed E-state index contributed by atoms with van der Waals surface area (Å²) in [5.41, 5.74) is 8.73. The minimum Gasteiger partial charge on any atom is -0.463 e. The molecule has 0 spiro atoms. The summed E-state index contributed by atoms with van der Waals surface area (Å²) >= 11 is 0. The van der Waals surface area contributed by atoms with E-state index < -0.39 is 0 Å². The number of rotatable bonds is 1. The van der Waals surface area contributed by atoms with Crippen LogP contribution in [0.5, 0.6) is 0 Å². The molecule has 0 aliphatic heterocycles. The van der Waals surface area contributed by atoms with Gasteiger partial charge in [0.05, 0.1) is 23.0 Å². The zero-order valence-electron chi connectivity index (χ0n) is 8.69. The lowest BCUT2D eigenvalue weighted by atomic mass is 10.2. The summed E-state index contributed by atoms with van der Waals surface area (Å²) in [6.07, 6.45) is 1.62. The van der Waals surface area contributed by atoms with Crippen LogP contribution in [0, 0.1) is 6.92 Å². The molecule has 5 nitrogen and oxygen atoms in total. The largest absolute Gasteiger partial charge is 0.463 e. The number of aryl methyl sites for hydroxylation is 1. The van der Waals surface area contributed by atoms with Gasteiger partial charge in [0, 0.05) is 0 Å². The molecule has 80 valence electrons. The van der Waals surface area contributed by atoms with Crippen molar-refractivity contribution in [1.29, 1.82) is 0 Å². The number of hydrogen-bond acceptors (Lipinski definition) is 4. The number of nitrogens with one attached hydrogen (secondary N) is 1. The van der Waals surface area contributed by atoms with Gasteiger partial charge < -0.3 is 10.2 Å². The molecule has 0 aliphatic rings. The summed E-state index contributed by atoms with van der Waals surface area (Å²) in [6.45, 7) is 1.86. The lowest BCUT2D eigenvalue weighted by Crippen LogP contribution is -1.92. The van der Waals surface area contributed by atoms with E-state index in [2.05, 4.69) is 15.2 Å². The zero-order valence-corrected chi connectivity index (χ0v) is 8.69. The SMILES string of the molecule is Cc1nc2n[nH]c(-c3ccco3)c2cc1N. The minimum absolute atomic E-state index is 0.651. The molecule has 0 amide bonds. The van der Waals surface area contributed by atoms with Crippen molar-refractivity contribution in [2.75, 3.05) is 5.73 Å². The maximum absolute atomic E-state index is 5.83. The zero-order chi connectivity index (χ0) is 11.1. The first-order chi connectivity index (χ1) is 7.75. The Hall–Kier alpha value is -2.30. The first-order valence-electron chi connectivity index (χ1n) is 4.91. The molecular formula is C11H10N4O. The van der Waals surface area contributed by atoms with Gasteiger partial charge in [-0.1, -0.05) is 0 Å². The van der Waals surface area contributed by atoms with Crippen LogP contribution in [-0.2, 0) is 0 Å². The van der Waals surface area contributed by atoms with Crippen LogP contribution in [0.1, 0.15) is 5.69 Å². The van der Waals surface area contributed by atoms with E-state index in [4.69, 9.17) is 10.2 Å². The molecule has 0 aromatic carbocycles. The average Bonchev–Trinajstić information content (AvgIpc) is 2.87. The first kappa shape index (κ1) is 8.96. The van der Waals surface area contributed by atoms with E-state index in [1.54, 1.807) is 6.26 Å². The third-order valence-corrected chi connectivity index (χ3v) is 2.54. The van der Waals surface area contributed by atoms with Gasteiger partial charge in [0.1, 0.15) is 5.69 Å². The summed E-state index contributed by atoms with van der Waals surface area (Å²) in [4.78, 5) is 4.30. The van der Waals surface area contributed by atoms with Crippen molar-refractivity contribution in [2.45, 2.75) is 6.92 Å². The highest BCUT2D eigenvalue weighted by Crippen LogP contribution is 2.27. The van der Waals surface area contributed by atoms with Crippen LogP contribution >= 0.6 is 0 Å². The highest BCUT2D eigenvalue weighted by Gasteiger charge is 2.12. The Morgan fingerprint density at radius 2 is 2.31 bits per heavy atom. The summed E-state index contributed by atoms with van der Waals surface area (Å²) in [7, 11) is 0. The van der Waals surface area contributed by atoms with Crippen molar-refractivity contribution in [3.05, 3.63) is 30.2 Å². The van der Waals surface area contributed by atoms with E-state index in [0.29, 0.717) is 11.3 Å². The van der Waals surface area contributed by atoms with Crippen LogP contribution in [0.15, 0.2) is 28.9 Å². The van der Waals surface area contributed by atoms with Gasteiger partial charge in [0.15, 0.2) is 11.4 Å². The van der Waals surface area contributed by atoms with E-state index in [1.807, 2.05) is 25.1 Å². The van der Waals surface area contributed by atoms with Crippen molar-refractivity contribution in [1.82, 2.24) is 15.2 Å². The summed E-state index contributed by atoms with van der Waals surface area (Å²) in [5.74, 6) is 0.729. The smallest absolute Gasteiger partial charge is 0.182 e. The Kier molecular flexibility index (Phi) is 1.73. The molecule has 0 aliphatic carbocycles. The Labute approximate surface area is 91.3 Å². The number of anilines is 1. The second-order valence-corrected chi connectivity index (χ2v) is 3.61. The molecule has 16 heavy (non-hydrogen) atoms. The number of nitrogen functional groups attached to an aromatic ring is 1. The monoisotopic (exact) mass is 214 g/mol. The second-order valence-electron chi connectivity index (χ2n) is 3.61. The standard InChI is InChI=1S/C11H10N4O/c1-6-8(12)5-7-10(9-3-2-4-16-9)14-15-11(7)13-6/h2-5H,12H2,1H3,(H,13,14,15). The van der Waals surface area contributed by atoms with Crippen LogP contribution in [0.3, 0.4) is 0 Å². The molecule has 0 bridgehead atoms. The number of hydrogen-bond donors (Lipinski definition) is 2. The summed E-state index contributed by atoms with van der Waals surface area (Å²) < 4.78 is 5.32. The number of aromatic nitrogens is 3. The fraction of sp³-hybridized carbons (Fsp3) is 0.0909. The third-order valence-electron chi connectivity index (χ3n) is 2.54. The van der Waals surface area contributed by atoms with Crippen LogP contribution < -0.4 is 5.73 Å². The molecule has 0 fully saturated rings. The molecule has 3 rings (SSSR count). The third kappa shape index (κ3) is 1.18. The molecule has 0 saturated heterocycles. The molecule has 3 heterocycles. The van der Waals surface area contributed by atoms with E-state index in [9.17, 15) is 0 Å². The van der Waals surface area contributed by atoms with Crippen molar-refractivity contribution < 1.29 is 4.42 Å². The Morgan fingerprint density at radius 1 is 1.44 bits per heavy atom. The molecule has 3 N–H and O–H groups in total. The Balaban J connectivity index is 2.32. The lowest BCUT2D eigenvalue weighted by molar-refractivity contribution is 0.580. The predicted molar refractivity (Wildman–Crippen MR) is 60.7 cm³/mol. The fourth-order valence-corrected chi connectivity index (χ4v) is 1.66. The highest BCUT2D eigenvalue weighted by molar-refractivity contribution is 5.91. The van der Waals surface area contributed by atoms with Crippen LogP contribution in [0.25, 0.3) is 22.5 Å².